The van der Waals surface area contributed by atoms with Gasteiger partial charge in [0, 0.05) is 26.2 Å². The van der Waals surface area contributed by atoms with Crippen molar-refractivity contribution in [3.63, 3.8) is 0 Å². The number of nitrogens with one attached hydrogen (secondary N) is 1. The fourth-order valence-electron chi connectivity index (χ4n) is 2.77. The van der Waals surface area contributed by atoms with Gasteiger partial charge in [0.15, 0.2) is 0 Å². The van der Waals surface area contributed by atoms with E-state index in [9.17, 15) is 8.42 Å². The second-order valence-electron chi connectivity index (χ2n) is 5.59. The molecule has 1 aliphatic rings. The van der Waals surface area contributed by atoms with Gasteiger partial charge in [-0.1, -0.05) is 6.42 Å². The van der Waals surface area contributed by atoms with Crippen molar-refractivity contribution in [2.75, 3.05) is 27.2 Å². The van der Waals surface area contributed by atoms with Crippen LogP contribution < -0.4 is 5.32 Å². The van der Waals surface area contributed by atoms with Gasteiger partial charge in [0.2, 0.25) is 0 Å². The highest BCUT2D eigenvalue weighted by Crippen LogP contribution is 2.23. The van der Waals surface area contributed by atoms with Gasteiger partial charge in [-0.3, -0.25) is 0 Å². The molecule has 2 heterocycles. The summed E-state index contributed by atoms with van der Waals surface area (Å²) in [6.07, 6.45) is 2.92. The standard InChI is InChI=1S/C14H25N3O3S/c1-12-7-8-14(20-12)11-16(3)21(18,19)17-9-5-4-6-13(17)10-15-2/h7-8,13,15H,4-6,9-11H2,1-3H3. The van der Waals surface area contributed by atoms with E-state index in [1.54, 1.807) is 11.4 Å². The van der Waals surface area contributed by atoms with Crippen LogP contribution in [0, 0.1) is 6.92 Å². The van der Waals surface area contributed by atoms with E-state index < -0.39 is 10.2 Å². The minimum absolute atomic E-state index is 0.0366. The number of aryl methyl sites for hydroxylation is 1. The van der Waals surface area contributed by atoms with E-state index in [1.807, 2.05) is 26.1 Å². The Balaban J connectivity index is 2.11. The molecule has 0 aliphatic carbocycles. The first-order chi connectivity index (χ1) is 9.95. The smallest absolute Gasteiger partial charge is 0.282 e. The molecule has 0 radical (unpaired) electrons. The van der Waals surface area contributed by atoms with Crippen LogP contribution in [0.5, 0.6) is 0 Å². The van der Waals surface area contributed by atoms with Crippen molar-refractivity contribution in [1.29, 1.82) is 0 Å². The summed E-state index contributed by atoms with van der Waals surface area (Å²) in [5, 5.41) is 3.09. The highest BCUT2D eigenvalue weighted by atomic mass is 32.2. The van der Waals surface area contributed by atoms with Gasteiger partial charge in [-0.2, -0.15) is 17.0 Å². The summed E-state index contributed by atoms with van der Waals surface area (Å²) < 4.78 is 34.0. The minimum Gasteiger partial charge on any atom is -0.465 e. The summed E-state index contributed by atoms with van der Waals surface area (Å²) in [7, 11) is 0.00958. The predicted octanol–water partition coefficient (Wildman–Crippen LogP) is 1.34. The lowest BCUT2D eigenvalue weighted by Crippen LogP contribution is -2.52. The molecule has 1 N–H and O–H groups in total. The Morgan fingerprint density at radius 1 is 1.43 bits per heavy atom. The van der Waals surface area contributed by atoms with E-state index in [0.717, 1.165) is 25.0 Å². The molecule has 1 saturated heterocycles. The van der Waals surface area contributed by atoms with Crippen LogP contribution in [0.15, 0.2) is 16.5 Å². The van der Waals surface area contributed by atoms with Crippen molar-refractivity contribution in [2.24, 2.45) is 0 Å². The van der Waals surface area contributed by atoms with E-state index >= 15 is 0 Å². The molecule has 1 aromatic heterocycles. The molecular formula is C14H25N3O3S. The number of likely N-dealkylation sites (N-methyl/N-ethyl adjacent to an activating group) is 1. The van der Waals surface area contributed by atoms with Crippen LogP contribution in [0.25, 0.3) is 0 Å². The van der Waals surface area contributed by atoms with Gasteiger partial charge >= 0.3 is 0 Å². The van der Waals surface area contributed by atoms with Gasteiger partial charge in [0.25, 0.3) is 10.2 Å². The van der Waals surface area contributed by atoms with Gasteiger partial charge in [0.05, 0.1) is 6.54 Å². The van der Waals surface area contributed by atoms with Gasteiger partial charge < -0.3 is 9.73 Å². The monoisotopic (exact) mass is 315 g/mol. The van der Waals surface area contributed by atoms with E-state index in [-0.39, 0.29) is 12.6 Å². The Labute approximate surface area is 127 Å². The lowest BCUT2D eigenvalue weighted by molar-refractivity contribution is 0.230. The average molecular weight is 315 g/mol. The van der Waals surface area contributed by atoms with Crippen molar-refractivity contribution >= 4 is 10.2 Å². The van der Waals surface area contributed by atoms with Gasteiger partial charge in [-0.05, 0) is 38.9 Å². The summed E-state index contributed by atoms with van der Waals surface area (Å²) >= 11 is 0. The molecule has 0 saturated carbocycles. The van der Waals surface area contributed by atoms with Gasteiger partial charge in [-0.25, -0.2) is 0 Å². The first-order valence-electron chi connectivity index (χ1n) is 7.38. The molecule has 2 rings (SSSR count). The van der Waals surface area contributed by atoms with Crippen molar-refractivity contribution in [3.05, 3.63) is 23.7 Å². The fraction of sp³-hybridized carbons (Fsp3) is 0.714. The van der Waals surface area contributed by atoms with Crippen molar-refractivity contribution in [1.82, 2.24) is 13.9 Å². The Morgan fingerprint density at radius 2 is 2.19 bits per heavy atom. The van der Waals surface area contributed by atoms with Crippen LogP contribution in [-0.2, 0) is 16.8 Å². The summed E-state index contributed by atoms with van der Waals surface area (Å²) in [6.45, 7) is 3.40. The summed E-state index contributed by atoms with van der Waals surface area (Å²) in [4.78, 5) is 0. The second-order valence-corrected chi connectivity index (χ2v) is 7.58. The highest BCUT2D eigenvalue weighted by Gasteiger charge is 2.34. The largest absolute Gasteiger partial charge is 0.465 e. The number of rotatable bonds is 6. The van der Waals surface area contributed by atoms with Crippen molar-refractivity contribution < 1.29 is 12.8 Å². The molecule has 0 bridgehead atoms. The maximum absolute atomic E-state index is 12.8. The van der Waals surface area contributed by atoms with E-state index in [1.165, 1.54) is 4.31 Å². The SMILES string of the molecule is CNCC1CCCCN1S(=O)(=O)N(C)Cc1ccc(C)o1. The van der Waals surface area contributed by atoms with Gasteiger partial charge in [0.1, 0.15) is 11.5 Å². The first-order valence-corrected chi connectivity index (χ1v) is 8.78. The third kappa shape index (κ3) is 3.85. The average Bonchev–Trinajstić information content (AvgIpc) is 2.85. The van der Waals surface area contributed by atoms with E-state index in [0.29, 0.717) is 18.8 Å². The zero-order valence-electron chi connectivity index (χ0n) is 13.0. The Morgan fingerprint density at radius 3 is 2.81 bits per heavy atom. The zero-order valence-corrected chi connectivity index (χ0v) is 13.8. The molecule has 1 unspecified atom stereocenters. The third-order valence-electron chi connectivity index (χ3n) is 3.88. The second kappa shape index (κ2) is 6.91. The maximum atomic E-state index is 12.8. The van der Waals surface area contributed by atoms with Crippen LogP contribution >= 0.6 is 0 Å². The molecular weight excluding hydrogens is 290 g/mol. The number of hydrogen-bond donors (Lipinski definition) is 1. The van der Waals surface area contributed by atoms with Crippen LogP contribution in [0.1, 0.15) is 30.8 Å². The Hall–Kier alpha value is -0.890. The van der Waals surface area contributed by atoms with Crippen LogP contribution in [0.3, 0.4) is 0 Å². The molecule has 1 aliphatic heterocycles. The molecule has 1 aromatic rings. The van der Waals surface area contributed by atoms with E-state index in [2.05, 4.69) is 5.32 Å². The fourth-order valence-corrected chi connectivity index (χ4v) is 4.33. The molecule has 6 nitrogen and oxygen atoms in total. The molecule has 21 heavy (non-hydrogen) atoms. The Kier molecular flexibility index (Phi) is 5.43. The molecule has 0 aromatic carbocycles. The first kappa shape index (κ1) is 16.5. The molecule has 120 valence electrons. The summed E-state index contributed by atoms with van der Waals surface area (Å²) in [6, 6.07) is 3.71. The normalized spacial score (nSPS) is 21.0. The summed E-state index contributed by atoms with van der Waals surface area (Å²) in [5.41, 5.74) is 0. The Bertz CT molecular complexity index is 554. The van der Waals surface area contributed by atoms with Crippen LogP contribution in [-0.4, -0.2) is 50.3 Å². The molecule has 1 fully saturated rings. The number of nitrogens with zero attached hydrogens (tertiary/aromatic N) is 2. The number of furan rings is 1. The topological polar surface area (TPSA) is 65.8 Å². The lowest BCUT2D eigenvalue weighted by Gasteiger charge is -2.36. The highest BCUT2D eigenvalue weighted by molar-refractivity contribution is 7.86. The quantitative estimate of drug-likeness (QED) is 0.860. The third-order valence-corrected chi connectivity index (χ3v) is 5.87. The van der Waals surface area contributed by atoms with Crippen molar-refractivity contribution in [2.45, 2.75) is 38.8 Å². The van der Waals surface area contributed by atoms with Crippen molar-refractivity contribution in [3.8, 4) is 0 Å². The molecule has 1 atom stereocenters. The molecule has 0 spiro atoms. The predicted molar refractivity (Wildman–Crippen MR) is 82.1 cm³/mol. The maximum Gasteiger partial charge on any atom is 0.282 e. The summed E-state index contributed by atoms with van der Waals surface area (Å²) in [5.74, 6) is 1.46. The van der Waals surface area contributed by atoms with Crippen LogP contribution in [0.4, 0.5) is 0 Å². The van der Waals surface area contributed by atoms with E-state index in [4.69, 9.17) is 4.42 Å². The molecule has 0 amide bonds. The lowest BCUT2D eigenvalue weighted by atomic mass is 10.1. The zero-order chi connectivity index (χ0) is 15.5. The number of hydrogen-bond acceptors (Lipinski definition) is 4. The molecule has 7 heteroatoms. The van der Waals surface area contributed by atoms with Crippen LogP contribution in [0.2, 0.25) is 0 Å². The minimum atomic E-state index is -3.46. The number of piperidine rings is 1. The van der Waals surface area contributed by atoms with Gasteiger partial charge in [-0.15, -0.1) is 0 Å².